The number of Topliss-reactive ketones (excluding diaryl/α,β-unsaturated/α-hetero) is 1. The molecule has 258 valence electrons. The number of carboxylic acids is 1. The first kappa shape index (κ1) is 36.9. The van der Waals surface area contributed by atoms with E-state index in [0.717, 1.165) is 11.1 Å². The van der Waals surface area contributed by atoms with Gasteiger partial charge in [-0.3, -0.25) is 24.0 Å². The van der Waals surface area contributed by atoms with Crippen LogP contribution in [0.4, 0.5) is 0 Å². The van der Waals surface area contributed by atoms with E-state index in [1.165, 1.54) is 16.7 Å². The zero-order chi connectivity index (χ0) is 35.3. The van der Waals surface area contributed by atoms with Gasteiger partial charge in [0, 0.05) is 18.6 Å². The highest BCUT2D eigenvalue weighted by atomic mass is 32.2. The van der Waals surface area contributed by atoms with Crippen LogP contribution in [0.1, 0.15) is 37.0 Å². The molecule has 0 spiro atoms. The van der Waals surface area contributed by atoms with Crippen LogP contribution in [0.15, 0.2) is 91.0 Å². The van der Waals surface area contributed by atoms with Crippen LogP contribution in [-0.2, 0) is 48.0 Å². The van der Waals surface area contributed by atoms with E-state index in [1.54, 1.807) is 49.4 Å². The lowest BCUT2D eigenvalue weighted by Gasteiger charge is -2.30. The summed E-state index contributed by atoms with van der Waals surface area (Å²) in [6.45, 7) is 3.56. The summed E-state index contributed by atoms with van der Waals surface area (Å²) in [5, 5.41) is 17.7. The Hall–Kier alpha value is -4.97. The molecule has 0 radical (unpaired) electrons. The number of carbonyl (C=O) groups is 6. The molecule has 3 aromatic rings. The average molecular weight is 687 g/mol. The molecular weight excluding hydrogens is 644 g/mol. The standard InChI is InChI=1S/C37H42N4O7S/c1-3-24(2)32(36(46)41-23-49-22-30(41)37(47)48)40-35(45)33(43)28(19-25-13-7-4-8-14-25)39-34(44)29(20-26-15-9-5-10-16-26)38-31(42)21-27-17-11-6-12-18-27/h4-18,24,28-30,32H,3,19-23H2,1-2H3,(H,38,42)(H,39,44)(H,40,45)(H,47,48)/t24-,28?,29?,30?,32-/m0/s1. The van der Waals surface area contributed by atoms with E-state index in [9.17, 15) is 33.9 Å². The van der Waals surface area contributed by atoms with Crippen molar-refractivity contribution in [1.82, 2.24) is 20.9 Å². The third-order valence-corrected chi connectivity index (χ3v) is 9.51. The molecule has 4 rings (SSSR count). The largest absolute Gasteiger partial charge is 0.480 e. The van der Waals surface area contributed by atoms with Gasteiger partial charge in [0.2, 0.25) is 23.5 Å². The molecule has 0 bridgehead atoms. The molecule has 4 N–H and O–H groups in total. The Morgan fingerprint density at radius 1 is 0.776 bits per heavy atom. The maximum absolute atomic E-state index is 13.9. The first-order chi connectivity index (χ1) is 23.6. The Labute approximate surface area is 290 Å². The van der Waals surface area contributed by atoms with Crippen LogP contribution in [0.2, 0.25) is 0 Å². The van der Waals surface area contributed by atoms with Crippen LogP contribution in [0.25, 0.3) is 0 Å². The second-order valence-corrected chi connectivity index (χ2v) is 13.1. The monoisotopic (exact) mass is 686 g/mol. The summed E-state index contributed by atoms with van der Waals surface area (Å²) in [5.41, 5.74) is 2.22. The number of amides is 4. The fraction of sp³-hybridized carbons (Fsp3) is 0.351. The smallest absolute Gasteiger partial charge is 0.327 e. The number of thioether (sulfide) groups is 1. The lowest BCUT2D eigenvalue weighted by atomic mass is 9.96. The molecule has 1 saturated heterocycles. The molecule has 1 fully saturated rings. The van der Waals surface area contributed by atoms with Gasteiger partial charge in [0.1, 0.15) is 24.2 Å². The predicted octanol–water partition coefficient (Wildman–Crippen LogP) is 2.77. The number of aliphatic carboxylic acids is 1. The number of carboxylic acid groups (broad SMARTS) is 1. The number of rotatable bonds is 16. The van der Waals surface area contributed by atoms with Crippen molar-refractivity contribution in [3.63, 3.8) is 0 Å². The number of nitrogens with one attached hydrogen (secondary N) is 3. The van der Waals surface area contributed by atoms with Gasteiger partial charge in [-0.15, -0.1) is 11.8 Å². The van der Waals surface area contributed by atoms with E-state index in [2.05, 4.69) is 16.0 Å². The Morgan fingerprint density at radius 3 is 1.84 bits per heavy atom. The summed E-state index contributed by atoms with van der Waals surface area (Å²) < 4.78 is 0. The van der Waals surface area contributed by atoms with Crippen LogP contribution in [0.3, 0.4) is 0 Å². The van der Waals surface area contributed by atoms with Gasteiger partial charge in [-0.1, -0.05) is 111 Å². The number of ketones is 1. The van der Waals surface area contributed by atoms with Crippen molar-refractivity contribution in [1.29, 1.82) is 0 Å². The molecule has 1 heterocycles. The van der Waals surface area contributed by atoms with Crippen LogP contribution in [-0.4, -0.2) is 81.2 Å². The summed E-state index contributed by atoms with van der Waals surface area (Å²) in [7, 11) is 0. The summed E-state index contributed by atoms with van der Waals surface area (Å²) in [5.74, 6) is -4.86. The van der Waals surface area contributed by atoms with Crippen LogP contribution < -0.4 is 16.0 Å². The summed E-state index contributed by atoms with van der Waals surface area (Å²) in [6, 6.07) is 22.5. The zero-order valence-corrected chi connectivity index (χ0v) is 28.4. The molecule has 49 heavy (non-hydrogen) atoms. The molecule has 11 nitrogen and oxygen atoms in total. The highest BCUT2D eigenvalue weighted by molar-refractivity contribution is 7.99. The molecular formula is C37H42N4O7S. The molecule has 0 saturated carbocycles. The van der Waals surface area contributed by atoms with Crippen molar-refractivity contribution in [2.75, 3.05) is 11.6 Å². The first-order valence-corrected chi connectivity index (χ1v) is 17.4. The lowest BCUT2D eigenvalue weighted by molar-refractivity contribution is -0.150. The van der Waals surface area contributed by atoms with Crippen LogP contribution in [0, 0.1) is 5.92 Å². The number of nitrogens with zero attached hydrogens (tertiary/aromatic N) is 1. The van der Waals surface area contributed by atoms with E-state index in [4.69, 9.17) is 0 Å². The minimum atomic E-state index is -1.33. The normalized spacial score (nSPS) is 16.4. The highest BCUT2D eigenvalue weighted by Gasteiger charge is 2.41. The molecule has 4 amide bonds. The van der Waals surface area contributed by atoms with E-state index in [-0.39, 0.29) is 36.8 Å². The molecule has 0 aromatic heterocycles. The maximum atomic E-state index is 13.9. The second-order valence-electron chi connectivity index (χ2n) is 12.1. The molecule has 3 unspecified atom stereocenters. The third-order valence-electron chi connectivity index (χ3n) is 8.50. The van der Waals surface area contributed by atoms with Gasteiger partial charge in [-0.2, -0.15) is 0 Å². The fourth-order valence-corrected chi connectivity index (χ4v) is 6.67. The Bertz CT molecular complexity index is 1610. The van der Waals surface area contributed by atoms with Gasteiger partial charge < -0.3 is 26.0 Å². The third kappa shape index (κ3) is 10.5. The Morgan fingerprint density at radius 2 is 1.31 bits per heavy atom. The van der Waals surface area contributed by atoms with E-state index in [1.807, 2.05) is 55.5 Å². The van der Waals surface area contributed by atoms with E-state index >= 15 is 0 Å². The van der Waals surface area contributed by atoms with Crippen molar-refractivity contribution in [2.24, 2.45) is 5.92 Å². The van der Waals surface area contributed by atoms with E-state index in [0.29, 0.717) is 12.0 Å². The summed E-state index contributed by atoms with van der Waals surface area (Å²) in [4.78, 5) is 81.0. The van der Waals surface area contributed by atoms with Crippen molar-refractivity contribution in [2.45, 2.75) is 63.7 Å². The van der Waals surface area contributed by atoms with Gasteiger partial charge in [0.25, 0.3) is 5.91 Å². The van der Waals surface area contributed by atoms with Crippen molar-refractivity contribution >= 4 is 47.1 Å². The van der Waals surface area contributed by atoms with Gasteiger partial charge >= 0.3 is 5.97 Å². The van der Waals surface area contributed by atoms with Crippen LogP contribution >= 0.6 is 11.8 Å². The minimum absolute atomic E-state index is 0.0271. The average Bonchev–Trinajstić information content (AvgIpc) is 3.61. The van der Waals surface area contributed by atoms with Gasteiger partial charge in [0.15, 0.2) is 0 Å². The zero-order valence-electron chi connectivity index (χ0n) is 27.5. The van der Waals surface area contributed by atoms with Gasteiger partial charge in [-0.05, 0) is 22.6 Å². The molecule has 1 aliphatic heterocycles. The molecule has 12 heteroatoms. The minimum Gasteiger partial charge on any atom is -0.480 e. The number of benzene rings is 3. The molecule has 5 atom stereocenters. The number of hydrogen-bond acceptors (Lipinski definition) is 7. The van der Waals surface area contributed by atoms with E-state index < -0.39 is 59.6 Å². The predicted molar refractivity (Wildman–Crippen MR) is 186 cm³/mol. The van der Waals surface area contributed by atoms with Gasteiger partial charge in [0.05, 0.1) is 12.3 Å². The van der Waals surface area contributed by atoms with Gasteiger partial charge in [-0.25, -0.2) is 4.79 Å². The summed E-state index contributed by atoms with van der Waals surface area (Å²) in [6.07, 6.45) is 0.616. The van der Waals surface area contributed by atoms with Crippen molar-refractivity contribution < 1.29 is 33.9 Å². The topological polar surface area (TPSA) is 162 Å². The second kappa shape index (κ2) is 18.0. The number of hydrogen-bond donors (Lipinski definition) is 4. The molecule has 3 aromatic carbocycles. The SMILES string of the molecule is CC[C@H](C)[C@H](NC(=O)C(=O)C(Cc1ccccc1)NC(=O)C(Cc1ccccc1)NC(=O)Cc1ccccc1)C(=O)N1CSCC1C(=O)O. The first-order valence-electron chi connectivity index (χ1n) is 16.2. The van der Waals surface area contributed by atoms with Crippen molar-refractivity contribution in [3.05, 3.63) is 108 Å². The van der Waals surface area contributed by atoms with Crippen molar-refractivity contribution in [3.8, 4) is 0 Å². The lowest BCUT2D eigenvalue weighted by Crippen LogP contribution is -2.59. The highest BCUT2D eigenvalue weighted by Crippen LogP contribution is 2.24. The Balaban J connectivity index is 1.56. The number of carbonyl (C=O) groups excluding carboxylic acids is 5. The van der Waals surface area contributed by atoms with Crippen LogP contribution in [0.5, 0.6) is 0 Å². The quantitative estimate of drug-likeness (QED) is 0.167. The Kier molecular flexibility index (Phi) is 13.5. The summed E-state index contributed by atoms with van der Waals surface area (Å²) >= 11 is 1.30. The molecule has 1 aliphatic rings. The fourth-order valence-electron chi connectivity index (χ4n) is 5.51. The molecule has 0 aliphatic carbocycles. The maximum Gasteiger partial charge on any atom is 0.327 e.